The second kappa shape index (κ2) is 8.90. The summed E-state index contributed by atoms with van der Waals surface area (Å²) in [6.45, 7) is 2.78. The van der Waals surface area contributed by atoms with Crippen LogP contribution in [0.25, 0.3) is 0 Å². The van der Waals surface area contributed by atoms with Crippen LogP contribution in [0.4, 0.5) is 5.69 Å². The number of carbonyl (C=O) groups excluding carboxylic acids is 1. The van der Waals surface area contributed by atoms with Gasteiger partial charge >= 0.3 is 0 Å². The van der Waals surface area contributed by atoms with Gasteiger partial charge in [0.15, 0.2) is 6.61 Å². The van der Waals surface area contributed by atoms with E-state index in [9.17, 15) is 4.79 Å². The van der Waals surface area contributed by atoms with Crippen molar-refractivity contribution >= 4 is 27.5 Å². The molecule has 1 aliphatic heterocycles. The zero-order valence-corrected chi connectivity index (χ0v) is 15.8. The molecule has 1 N–H and O–H groups in total. The third-order valence-corrected chi connectivity index (χ3v) is 4.85. The second-order valence-corrected chi connectivity index (χ2v) is 7.08. The Kier molecular flexibility index (Phi) is 6.34. The molecule has 3 rings (SSSR count). The van der Waals surface area contributed by atoms with Crippen molar-refractivity contribution in [3.8, 4) is 5.75 Å². The molecule has 0 atom stereocenters. The monoisotopic (exact) mass is 402 g/mol. The van der Waals surface area contributed by atoms with E-state index in [2.05, 4.69) is 50.4 Å². The lowest BCUT2D eigenvalue weighted by Crippen LogP contribution is -2.34. The summed E-state index contributed by atoms with van der Waals surface area (Å²) < 4.78 is 6.46. The number of halogens is 1. The summed E-state index contributed by atoms with van der Waals surface area (Å²) in [6.07, 6.45) is 3.29. The first-order chi connectivity index (χ1) is 12.2. The van der Waals surface area contributed by atoms with Crippen LogP contribution in [-0.4, -0.2) is 32.1 Å². The van der Waals surface area contributed by atoms with Gasteiger partial charge in [0.2, 0.25) is 0 Å². The Labute approximate surface area is 157 Å². The number of nitrogens with zero attached hydrogens (tertiary/aromatic N) is 1. The number of hydrogen-bond acceptors (Lipinski definition) is 3. The molecule has 0 radical (unpaired) electrons. The zero-order chi connectivity index (χ0) is 17.5. The number of hydrogen-bond donors (Lipinski definition) is 1. The number of fused-ring (bicyclic) bond motifs is 1. The summed E-state index contributed by atoms with van der Waals surface area (Å²) in [6, 6.07) is 16.1. The van der Waals surface area contributed by atoms with Crippen LogP contribution >= 0.6 is 15.9 Å². The summed E-state index contributed by atoms with van der Waals surface area (Å²) in [5.41, 5.74) is 2.78. The van der Waals surface area contributed by atoms with E-state index in [4.69, 9.17) is 4.74 Å². The second-order valence-electron chi connectivity index (χ2n) is 6.17. The third kappa shape index (κ3) is 5.23. The molecule has 1 aliphatic rings. The lowest BCUT2D eigenvalue weighted by Gasteiger charge is -2.31. The van der Waals surface area contributed by atoms with Gasteiger partial charge in [-0.2, -0.15) is 0 Å². The molecular weight excluding hydrogens is 380 g/mol. The smallest absolute Gasteiger partial charge is 0.257 e. The van der Waals surface area contributed by atoms with Crippen molar-refractivity contribution in [3.05, 3.63) is 58.6 Å². The van der Waals surface area contributed by atoms with Crippen LogP contribution in [0, 0.1) is 0 Å². The molecule has 4 nitrogen and oxygen atoms in total. The maximum atomic E-state index is 11.9. The van der Waals surface area contributed by atoms with Gasteiger partial charge in [0, 0.05) is 29.8 Å². The summed E-state index contributed by atoms with van der Waals surface area (Å²) in [4.78, 5) is 14.3. The quantitative estimate of drug-likeness (QED) is 0.716. The molecule has 132 valence electrons. The van der Waals surface area contributed by atoms with Crippen LogP contribution in [0.5, 0.6) is 5.75 Å². The minimum absolute atomic E-state index is 0.0498. The fraction of sp³-hybridized carbons (Fsp3) is 0.350. The Morgan fingerprint density at radius 2 is 1.96 bits per heavy atom. The predicted molar refractivity (Wildman–Crippen MR) is 104 cm³/mol. The zero-order valence-electron chi connectivity index (χ0n) is 14.2. The van der Waals surface area contributed by atoms with E-state index in [1.807, 2.05) is 24.3 Å². The molecule has 0 saturated heterocycles. The van der Waals surface area contributed by atoms with Gasteiger partial charge < -0.3 is 15.0 Å². The van der Waals surface area contributed by atoms with Crippen molar-refractivity contribution in [2.45, 2.75) is 19.3 Å². The highest BCUT2D eigenvalue weighted by Gasteiger charge is 2.15. The van der Waals surface area contributed by atoms with Gasteiger partial charge in [-0.25, -0.2) is 0 Å². The number of para-hydroxylation sites is 1. The standard InChI is InChI=1S/C20H23BrN2O2/c21-17-8-10-18(11-9-17)25-15-20(24)22-12-4-14-23-13-3-6-16-5-1-2-7-19(16)23/h1-2,5,7-11H,3-4,6,12-15H2,(H,22,24). The highest BCUT2D eigenvalue weighted by Crippen LogP contribution is 2.26. The van der Waals surface area contributed by atoms with Crippen LogP contribution in [-0.2, 0) is 11.2 Å². The van der Waals surface area contributed by atoms with E-state index < -0.39 is 0 Å². The average molecular weight is 403 g/mol. The van der Waals surface area contributed by atoms with Crippen LogP contribution < -0.4 is 15.0 Å². The third-order valence-electron chi connectivity index (χ3n) is 4.32. The number of benzene rings is 2. The summed E-state index contributed by atoms with van der Waals surface area (Å²) in [7, 11) is 0. The lowest BCUT2D eigenvalue weighted by atomic mass is 10.0. The first-order valence-electron chi connectivity index (χ1n) is 8.70. The van der Waals surface area contributed by atoms with Gasteiger partial charge in [0.25, 0.3) is 5.91 Å². The number of nitrogens with one attached hydrogen (secondary N) is 1. The number of amides is 1. The van der Waals surface area contributed by atoms with Gasteiger partial charge in [0.05, 0.1) is 0 Å². The molecular formula is C20H23BrN2O2. The van der Waals surface area contributed by atoms with E-state index >= 15 is 0 Å². The van der Waals surface area contributed by atoms with E-state index in [1.165, 1.54) is 17.7 Å². The Bertz CT molecular complexity index is 703. The molecule has 0 spiro atoms. The number of rotatable bonds is 7. The summed E-state index contributed by atoms with van der Waals surface area (Å²) in [5, 5.41) is 2.93. The van der Waals surface area contributed by atoms with E-state index in [-0.39, 0.29) is 12.5 Å². The maximum absolute atomic E-state index is 11.9. The van der Waals surface area contributed by atoms with Crippen molar-refractivity contribution in [1.29, 1.82) is 0 Å². The van der Waals surface area contributed by atoms with Gasteiger partial charge in [-0.3, -0.25) is 4.79 Å². The summed E-state index contributed by atoms with van der Waals surface area (Å²) >= 11 is 3.37. The molecule has 0 fully saturated rings. The molecule has 0 aliphatic carbocycles. The van der Waals surface area contributed by atoms with Crippen LogP contribution in [0.1, 0.15) is 18.4 Å². The number of ether oxygens (including phenoxy) is 1. The molecule has 5 heteroatoms. The van der Waals surface area contributed by atoms with Crippen LogP contribution in [0.15, 0.2) is 53.0 Å². The van der Waals surface area contributed by atoms with Gasteiger partial charge in [-0.15, -0.1) is 0 Å². The Balaban J connectivity index is 1.36. The molecule has 25 heavy (non-hydrogen) atoms. The predicted octanol–water partition coefficient (Wildman–Crippen LogP) is 3.79. The topological polar surface area (TPSA) is 41.6 Å². The fourth-order valence-corrected chi connectivity index (χ4v) is 3.34. The lowest BCUT2D eigenvalue weighted by molar-refractivity contribution is -0.123. The van der Waals surface area contributed by atoms with E-state index in [0.29, 0.717) is 12.3 Å². The van der Waals surface area contributed by atoms with Crippen molar-refractivity contribution in [2.24, 2.45) is 0 Å². The molecule has 0 saturated carbocycles. The normalized spacial score (nSPS) is 13.2. The van der Waals surface area contributed by atoms with Gasteiger partial charge in [-0.05, 0) is 55.2 Å². The van der Waals surface area contributed by atoms with Crippen LogP contribution in [0.2, 0.25) is 0 Å². The summed E-state index contributed by atoms with van der Waals surface area (Å²) in [5.74, 6) is 0.616. The molecule has 0 bridgehead atoms. The molecule has 0 unspecified atom stereocenters. The molecule has 2 aromatic carbocycles. The molecule has 1 heterocycles. The number of anilines is 1. The highest BCUT2D eigenvalue weighted by molar-refractivity contribution is 9.10. The van der Waals surface area contributed by atoms with Crippen molar-refractivity contribution in [2.75, 3.05) is 31.1 Å². The molecule has 2 aromatic rings. The number of carbonyl (C=O) groups is 1. The van der Waals surface area contributed by atoms with Crippen LogP contribution in [0.3, 0.4) is 0 Å². The first kappa shape index (κ1) is 17.8. The van der Waals surface area contributed by atoms with Crippen molar-refractivity contribution in [3.63, 3.8) is 0 Å². The minimum atomic E-state index is -0.0815. The van der Waals surface area contributed by atoms with Gasteiger partial charge in [0.1, 0.15) is 5.75 Å². The highest BCUT2D eigenvalue weighted by atomic mass is 79.9. The van der Waals surface area contributed by atoms with E-state index in [0.717, 1.165) is 30.4 Å². The van der Waals surface area contributed by atoms with Crippen molar-refractivity contribution in [1.82, 2.24) is 5.32 Å². The minimum Gasteiger partial charge on any atom is -0.484 e. The van der Waals surface area contributed by atoms with Gasteiger partial charge in [-0.1, -0.05) is 34.1 Å². The largest absolute Gasteiger partial charge is 0.484 e. The SMILES string of the molecule is O=C(COc1ccc(Br)cc1)NCCCN1CCCc2ccccc21. The van der Waals surface area contributed by atoms with E-state index in [1.54, 1.807) is 0 Å². The Hall–Kier alpha value is -2.01. The number of aryl methyl sites for hydroxylation is 1. The fourth-order valence-electron chi connectivity index (χ4n) is 3.07. The maximum Gasteiger partial charge on any atom is 0.257 e. The Morgan fingerprint density at radius 3 is 2.80 bits per heavy atom. The Morgan fingerprint density at radius 1 is 1.16 bits per heavy atom. The molecule has 0 aromatic heterocycles. The van der Waals surface area contributed by atoms with Crippen molar-refractivity contribution < 1.29 is 9.53 Å². The average Bonchev–Trinajstić information content (AvgIpc) is 2.65. The first-order valence-corrected chi connectivity index (χ1v) is 9.49. The molecule has 1 amide bonds.